The fourth-order valence-electron chi connectivity index (χ4n) is 1.56. The van der Waals surface area contributed by atoms with Crippen LogP contribution in [0.25, 0.3) is 0 Å². The van der Waals surface area contributed by atoms with Gasteiger partial charge in [0.05, 0.1) is 12.7 Å². The van der Waals surface area contributed by atoms with E-state index in [9.17, 15) is 18.4 Å². The maximum atomic E-state index is 13.1. The van der Waals surface area contributed by atoms with Gasteiger partial charge in [0.1, 0.15) is 5.82 Å². The molecular formula is C11H9F2N3O2. The van der Waals surface area contributed by atoms with Crippen LogP contribution in [0.3, 0.4) is 0 Å². The van der Waals surface area contributed by atoms with Gasteiger partial charge in [-0.2, -0.15) is 4.39 Å². The average molecular weight is 253 g/mol. The molecule has 2 aromatic rings. The number of aromatic nitrogens is 2. The van der Waals surface area contributed by atoms with Crippen molar-refractivity contribution in [3.05, 3.63) is 62.4 Å². The third-order valence-electron chi connectivity index (χ3n) is 2.30. The van der Waals surface area contributed by atoms with Crippen molar-refractivity contribution in [3.8, 4) is 0 Å². The van der Waals surface area contributed by atoms with Gasteiger partial charge < -0.3 is 5.73 Å². The van der Waals surface area contributed by atoms with Crippen LogP contribution in [0.1, 0.15) is 5.56 Å². The minimum absolute atomic E-state index is 0.0888. The van der Waals surface area contributed by atoms with Crippen LogP contribution < -0.4 is 17.0 Å². The van der Waals surface area contributed by atoms with Crippen LogP contribution in [-0.2, 0) is 6.54 Å². The summed E-state index contributed by atoms with van der Waals surface area (Å²) >= 11 is 0. The minimum atomic E-state index is -1.09. The third kappa shape index (κ3) is 2.45. The van der Waals surface area contributed by atoms with Crippen molar-refractivity contribution in [3.63, 3.8) is 0 Å². The largest absolute Gasteiger partial charge is 0.399 e. The summed E-state index contributed by atoms with van der Waals surface area (Å²) in [5.41, 5.74) is 4.17. The van der Waals surface area contributed by atoms with E-state index < -0.39 is 22.9 Å². The fraction of sp³-hybridized carbons (Fsp3) is 0.0909. The second kappa shape index (κ2) is 4.44. The summed E-state index contributed by atoms with van der Waals surface area (Å²) < 4.78 is 27.0. The number of nitrogens with two attached hydrogens (primary N) is 1. The minimum Gasteiger partial charge on any atom is -0.399 e. The lowest BCUT2D eigenvalue weighted by molar-refractivity contribution is 0.565. The number of benzene rings is 1. The van der Waals surface area contributed by atoms with Crippen molar-refractivity contribution in [1.82, 2.24) is 9.55 Å². The highest BCUT2D eigenvalue weighted by atomic mass is 19.1. The van der Waals surface area contributed by atoms with Crippen LogP contribution in [0.2, 0.25) is 0 Å². The van der Waals surface area contributed by atoms with Gasteiger partial charge in [0, 0.05) is 5.69 Å². The molecular weight excluding hydrogens is 244 g/mol. The Morgan fingerprint density at radius 2 is 1.94 bits per heavy atom. The van der Waals surface area contributed by atoms with Crippen molar-refractivity contribution >= 4 is 5.69 Å². The highest BCUT2D eigenvalue weighted by Gasteiger charge is 2.05. The number of rotatable bonds is 2. The predicted molar refractivity (Wildman–Crippen MR) is 61.2 cm³/mol. The number of aromatic amines is 1. The molecule has 1 heterocycles. The van der Waals surface area contributed by atoms with E-state index in [-0.39, 0.29) is 12.2 Å². The number of nitrogens with one attached hydrogen (secondary N) is 1. The van der Waals surface area contributed by atoms with Crippen molar-refractivity contribution in [2.45, 2.75) is 6.54 Å². The van der Waals surface area contributed by atoms with E-state index >= 15 is 0 Å². The van der Waals surface area contributed by atoms with Crippen molar-refractivity contribution in [1.29, 1.82) is 0 Å². The topological polar surface area (TPSA) is 80.9 Å². The zero-order valence-corrected chi connectivity index (χ0v) is 9.11. The molecule has 0 bridgehead atoms. The van der Waals surface area contributed by atoms with Crippen molar-refractivity contribution < 1.29 is 8.78 Å². The molecule has 0 radical (unpaired) electrons. The fourth-order valence-corrected chi connectivity index (χ4v) is 1.56. The van der Waals surface area contributed by atoms with Gasteiger partial charge in [-0.25, -0.2) is 9.18 Å². The van der Waals surface area contributed by atoms with Crippen LogP contribution in [0.5, 0.6) is 0 Å². The first-order chi connectivity index (χ1) is 8.45. The quantitative estimate of drug-likeness (QED) is 0.762. The van der Waals surface area contributed by atoms with Crippen molar-refractivity contribution in [2.75, 3.05) is 5.73 Å². The zero-order chi connectivity index (χ0) is 13.3. The van der Waals surface area contributed by atoms with Gasteiger partial charge in [0.25, 0.3) is 5.56 Å². The first kappa shape index (κ1) is 12.0. The van der Waals surface area contributed by atoms with E-state index in [1.807, 2.05) is 4.98 Å². The number of nitrogen functional groups attached to an aromatic ring is 1. The van der Waals surface area contributed by atoms with Gasteiger partial charge in [-0.05, 0) is 23.8 Å². The van der Waals surface area contributed by atoms with Gasteiger partial charge in [-0.15, -0.1) is 0 Å². The van der Waals surface area contributed by atoms with Gasteiger partial charge in [0.2, 0.25) is 5.82 Å². The molecule has 0 aliphatic carbocycles. The second-order valence-corrected chi connectivity index (χ2v) is 3.76. The molecule has 0 saturated carbocycles. The van der Waals surface area contributed by atoms with E-state index in [1.54, 1.807) is 0 Å². The summed E-state index contributed by atoms with van der Waals surface area (Å²) in [5, 5.41) is 0. The molecule has 0 saturated heterocycles. The molecule has 2 rings (SSSR count). The summed E-state index contributed by atoms with van der Waals surface area (Å²) in [4.78, 5) is 24.0. The Balaban J connectivity index is 2.43. The Labute approximate surface area is 99.5 Å². The van der Waals surface area contributed by atoms with Crippen LogP contribution >= 0.6 is 0 Å². The Kier molecular flexibility index (Phi) is 2.97. The maximum Gasteiger partial charge on any atom is 0.328 e. The molecule has 1 aromatic carbocycles. The summed E-state index contributed by atoms with van der Waals surface area (Å²) in [7, 11) is 0. The molecule has 1 aromatic heterocycles. The maximum absolute atomic E-state index is 13.1. The van der Waals surface area contributed by atoms with Gasteiger partial charge in [0.15, 0.2) is 0 Å². The number of hydrogen-bond acceptors (Lipinski definition) is 3. The van der Waals surface area contributed by atoms with Crippen molar-refractivity contribution in [2.24, 2.45) is 0 Å². The molecule has 18 heavy (non-hydrogen) atoms. The Morgan fingerprint density at radius 1 is 1.22 bits per heavy atom. The predicted octanol–water partition coefficient (Wildman–Crippen LogP) is 0.445. The molecule has 3 N–H and O–H groups in total. The first-order valence-corrected chi connectivity index (χ1v) is 5.00. The van der Waals surface area contributed by atoms with E-state index in [0.29, 0.717) is 5.56 Å². The highest BCUT2D eigenvalue weighted by molar-refractivity contribution is 5.41. The average Bonchev–Trinajstić information content (AvgIpc) is 2.24. The zero-order valence-electron chi connectivity index (χ0n) is 9.11. The molecule has 94 valence electrons. The van der Waals surface area contributed by atoms with E-state index in [2.05, 4.69) is 0 Å². The number of hydrogen-bond donors (Lipinski definition) is 2. The number of H-pyrrole nitrogens is 1. The molecule has 0 aliphatic rings. The van der Waals surface area contributed by atoms with Crippen LogP contribution in [0.4, 0.5) is 14.5 Å². The molecule has 0 atom stereocenters. The summed E-state index contributed by atoms with van der Waals surface area (Å²) in [6.45, 7) is -0.0888. The molecule has 7 heteroatoms. The lowest BCUT2D eigenvalue weighted by atomic mass is 10.2. The van der Waals surface area contributed by atoms with Crippen LogP contribution in [-0.4, -0.2) is 9.55 Å². The number of anilines is 1. The standard InChI is InChI=1S/C11H9F2N3O2/c12-7-1-6(2-8(14)3-7)4-16-5-9(13)10(17)15-11(16)18/h1-3,5H,4,14H2,(H,15,17,18). The highest BCUT2D eigenvalue weighted by Crippen LogP contribution is 2.11. The Bertz CT molecular complexity index is 686. The lowest BCUT2D eigenvalue weighted by Gasteiger charge is -2.06. The van der Waals surface area contributed by atoms with Crippen LogP contribution in [0, 0.1) is 11.6 Å². The SMILES string of the molecule is Nc1cc(F)cc(Cn2cc(F)c(=O)[nH]c2=O)c1. The van der Waals surface area contributed by atoms with Crippen LogP contribution in [0.15, 0.2) is 34.0 Å². The molecule has 0 spiro atoms. The lowest BCUT2D eigenvalue weighted by Crippen LogP contribution is -2.31. The molecule has 0 fully saturated rings. The first-order valence-electron chi connectivity index (χ1n) is 5.00. The molecule has 0 aliphatic heterocycles. The summed E-state index contributed by atoms with van der Waals surface area (Å²) in [5.74, 6) is -1.64. The van der Waals surface area contributed by atoms with E-state index in [1.165, 1.54) is 12.1 Å². The number of halogens is 2. The Morgan fingerprint density at radius 3 is 2.61 bits per heavy atom. The summed E-state index contributed by atoms with van der Waals surface area (Å²) in [6.07, 6.45) is 0.766. The molecule has 0 unspecified atom stereocenters. The van der Waals surface area contributed by atoms with Gasteiger partial charge in [-0.3, -0.25) is 14.3 Å². The monoisotopic (exact) mass is 253 g/mol. The molecule has 0 amide bonds. The number of nitrogens with zero attached hydrogens (tertiary/aromatic N) is 1. The molecule has 5 nitrogen and oxygen atoms in total. The third-order valence-corrected chi connectivity index (χ3v) is 2.30. The second-order valence-electron chi connectivity index (χ2n) is 3.76. The van der Waals surface area contributed by atoms with E-state index in [4.69, 9.17) is 5.73 Å². The normalized spacial score (nSPS) is 10.6. The van der Waals surface area contributed by atoms with Gasteiger partial charge >= 0.3 is 5.69 Å². The smallest absolute Gasteiger partial charge is 0.328 e. The summed E-state index contributed by atoms with van der Waals surface area (Å²) in [6, 6.07) is 3.75. The van der Waals surface area contributed by atoms with E-state index in [0.717, 1.165) is 16.8 Å². The Hall–Kier alpha value is -2.44. The van der Waals surface area contributed by atoms with Gasteiger partial charge in [-0.1, -0.05) is 0 Å².